The van der Waals surface area contributed by atoms with Crippen molar-refractivity contribution in [3.8, 4) is 11.1 Å². The molecule has 11 rings (SSSR count). The molecule has 2 unspecified atom stereocenters. The minimum absolute atomic E-state index is 0.0152. The highest BCUT2D eigenvalue weighted by atomic mass is 15.3. The molecule has 3 heteroatoms. The van der Waals surface area contributed by atoms with Crippen LogP contribution in [0.2, 0.25) is 0 Å². The summed E-state index contributed by atoms with van der Waals surface area (Å²) in [4.78, 5) is 5.46. The summed E-state index contributed by atoms with van der Waals surface area (Å²) in [5, 5.41) is 0. The van der Waals surface area contributed by atoms with Crippen molar-refractivity contribution in [2.24, 2.45) is 0 Å². The van der Waals surface area contributed by atoms with E-state index in [9.17, 15) is 0 Å². The van der Waals surface area contributed by atoms with E-state index < -0.39 is 0 Å². The minimum atomic E-state index is 0.0152. The Labute approximate surface area is 317 Å². The van der Waals surface area contributed by atoms with Crippen LogP contribution >= 0.6 is 0 Å². The van der Waals surface area contributed by atoms with Crippen molar-refractivity contribution in [2.75, 3.05) is 9.80 Å². The van der Waals surface area contributed by atoms with E-state index in [2.05, 4.69) is 127 Å². The Hall–Kier alpha value is -4.24. The van der Waals surface area contributed by atoms with E-state index in [1.54, 1.807) is 5.56 Å². The third-order valence-electron chi connectivity index (χ3n) is 15.4. The van der Waals surface area contributed by atoms with Crippen molar-refractivity contribution in [3.63, 3.8) is 0 Å². The molecule has 3 saturated carbocycles. The van der Waals surface area contributed by atoms with Crippen LogP contribution in [0.25, 0.3) is 11.1 Å². The molecule has 266 valence electrons. The number of fused-ring (bicyclic) bond motifs is 8. The van der Waals surface area contributed by atoms with E-state index in [1.807, 2.05) is 0 Å². The maximum Gasteiger partial charge on any atom is 0.248 e. The first-order valence-corrected chi connectivity index (χ1v) is 21.2. The summed E-state index contributed by atoms with van der Waals surface area (Å²) in [5.74, 6) is 1.38. The molecule has 0 amide bonds. The van der Waals surface area contributed by atoms with Crippen LogP contribution < -0.4 is 26.2 Å². The van der Waals surface area contributed by atoms with Crippen molar-refractivity contribution in [1.29, 1.82) is 0 Å². The Morgan fingerprint density at radius 1 is 0.528 bits per heavy atom. The molecule has 3 aliphatic carbocycles. The van der Waals surface area contributed by atoms with Crippen LogP contribution in [0.15, 0.2) is 103 Å². The fraction of sp³-hybridized carbons (Fsp3) is 0.400. The van der Waals surface area contributed by atoms with Gasteiger partial charge in [0.25, 0.3) is 0 Å². The Bertz CT molecular complexity index is 2230. The van der Waals surface area contributed by atoms with Crippen LogP contribution in [0.3, 0.4) is 0 Å². The van der Waals surface area contributed by atoms with Crippen LogP contribution in [0.5, 0.6) is 0 Å². The second-order valence-electron chi connectivity index (χ2n) is 18.0. The molecule has 5 aromatic carbocycles. The van der Waals surface area contributed by atoms with Crippen LogP contribution in [-0.2, 0) is 5.41 Å². The van der Waals surface area contributed by atoms with Gasteiger partial charge in [-0.05, 0) is 132 Å². The second kappa shape index (κ2) is 12.1. The summed E-state index contributed by atoms with van der Waals surface area (Å²) in [6, 6.07) is 41.5. The van der Waals surface area contributed by atoms with E-state index in [0.29, 0.717) is 11.8 Å². The second-order valence-corrected chi connectivity index (χ2v) is 18.0. The van der Waals surface area contributed by atoms with Crippen molar-refractivity contribution >= 4 is 51.5 Å². The molecule has 6 aliphatic rings. The predicted molar refractivity (Wildman–Crippen MR) is 226 cm³/mol. The average Bonchev–Trinajstić information content (AvgIpc) is 3.66. The van der Waals surface area contributed by atoms with Gasteiger partial charge in [0, 0.05) is 33.9 Å². The molecule has 3 aliphatic heterocycles. The third-order valence-corrected chi connectivity index (χ3v) is 15.4. The molecule has 0 N–H and O–H groups in total. The minimum Gasteiger partial charge on any atom is -0.334 e. The number of nitrogens with zero attached hydrogens (tertiary/aromatic N) is 2. The van der Waals surface area contributed by atoms with E-state index >= 15 is 0 Å². The molecule has 0 aromatic heterocycles. The number of hydrogen-bond donors (Lipinski definition) is 0. The molecule has 0 saturated heterocycles. The van der Waals surface area contributed by atoms with Crippen molar-refractivity contribution in [2.45, 2.75) is 127 Å². The summed E-state index contributed by atoms with van der Waals surface area (Å²) in [6.07, 6.45) is 18.6. The summed E-state index contributed by atoms with van der Waals surface area (Å²) in [5.41, 5.74) is 18.9. The average molecular weight is 693 g/mol. The molecular weight excluding hydrogens is 639 g/mol. The first kappa shape index (κ1) is 32.2. The molecule has 0 bridgehead atoms. The van der Waals surface area contributed by atoms with Gasteiger partial charge in [-0.25, -0.2) is 0 Å². The fourth-order valence-electron chi connectivity index (χ4n) is 12.5. The zero-order valence-corrected chi connectivity index (χ0v) is 31.8. The first-order chi connectivity index (χ1) is 26.0. The predicted octanol–water partition coefficient (Wildman–Crippen LogP) is 11.8. The van der Waals surface area contributed by atoms with Gasteiger partial charge in [-0.2, -0.15) is 0 Å². The van der Waals surface area contributed by atoms with Gasteiger partial charge in [0.15, 0.2) is 0 Å². The Balaban J connectivity index is 1.14. The largest absolute Gasteiger partial charge is 0.334 e. The normalized spacial score (nSPS) is 24.8. The maximum atomic E-state index is 2.79. The number of rotatable bonds is 4. The Morgan fingerprint density at radius 2 is 1.21 bits per heavy atom. The summed E-state index contributed by atoms with van der Waals surface area (Å²) in [6.45, 7) is 5.39. The Morgan fingerprint density at radius 3 is 2.00 bits per heavy atom. The van der Waals surface area contributed by atoms with E-state index in [1.165, 1.54) is 157 Å². The monoisotopic (exact) mass is 692 g/mol. The van der Waals surface area contributed by atoms with E-state index in [-0.39, 0.29) is 17.7 Å². The van der Waals surface area contributed by atoms with Crippen LogP contribution in [-0.4, -0.2) is 12.3 Å². The molecule has 0 radical (unpaired) electrons. The van der Waals surface area contributed by atoms with Gasteiger partial charge in [0.1, 0.15) is 0 Å². The summed E-state index contributed by atoms with van der Waals surface area (Å²) >= 11 is 0. The highest BCUT2D eigenvalue weighted by molar-refractivity contribution is 7.01. The topological polar surface area (TPSA) is 6.48 Å². The van der Waals surface area contributed by atoms with E-state index in [4.69, 9.17) is 0 Å². The van der Waals surface area contributed by atoms with Crippen LogP contribution in [0, 0.1) is 0 Å². The highest BCUT2D eigenvalue weighted by Crippen LogP contribution is 2.61. The molecule has 0 spiro atoms. The molecular formula is C50H53BN2. The lowest BCUT2D eigenvalue weighted by atomic mass is 9.37. The van der Waals surface area contributed by atoms with Gasteiger partial charge in [0.05, 0.1) is 5.54 Å². The van der Waals surface area contributed by atoms with Crippen LogP contribution in [0.1, 0.15) is 132 Å². The van der Waals surface area contributed by atoms with Gasteiger partial charge in [0.2, 0.25) is 6.71 Å². The van der Waals surface area contributed by atoms with Crippen LogP contribution in [0.4, 0.5) is 28.4 Å². The van der Waals surface area contributed by atoms with Crippen molar-refractivity contribution in [3.05, 3.63) is 120 Å². The third kappa shape index (κ3) is 4.64. The molecule has 3 heterocycles. The lowest BCUT2D eigenvalue weighted by Crippen LogP contribution is -2.56. The molecule has 53 heavy (non-hydrogen) atoms. The molecule has 2 atom stereocenters. The smallest absolute Gasteiger partial charge is 0.248 e. The number of hydrogen-bond acceptors (Lipinski definition) is 2. The number of para-hydroxylation sites is 1. The summed E-state index contributed by atoms with van der Waals surface area (Å²) in [7, 11) is 0. The lowest BCUT2D eigenvalue weighted by molar-refractivity contribution is 0.195. The standard InChI is InChI=1S/C50H53BN2/c1-49-29-13-14-30-50(49,2)53(45-22-12-10-20-42(45)49)39-32-41-40-19-9-11-21-43(40)51-44-31-37(35-17-7-4-8-18-35)25-28-46(44)52(47(33-39)48(41)51)38-26-23-36(24-27-38)34-15-5-3-6-16-34/h9-12,19-28,31-35H,3-8,13-18,29-30H2,1-2H3. The Kier molecular flexibility index (Phi) is 7.38. The van der Waals surface area contributed by atoms with Gasteiger partial charge < -0.3 is 9.80 Å². The van der Waals surface area contributed by atoms with Crippen molar-refractivity contribution in [1.82, 2.24) is 0 Å². The zero-order valence-electron chi connectivity index (χ0n) is 31.8. The van der Waals surface area contributed by atoms with Gasteiger partial charge >= 0.3 is 0 Å². The first-order valence-electron chi connectivity index (χ1n) is 21.2. The molecule has 3 fully saturated rings. The fourth-order valence-corrected chi connectivity index (χ4v) is 12.5. The van der Waals surface area contributed by atoms with Gasteiger partial charge in [-0.3, -0.25) is 0 Å². The number of benzene rings is 5. The highest BCUT2D eigenvalue weighted by Gasteiger charge is 2.58. The zero-order chi connectivity index (χ0) is 35.3. The van der Waals surface area contributed by atoms with Gasteiger partial charge in [-0.1, -0.05) is 130 Å². The van der Waals surface area contributed by atoms with Crippen molar-refractivity contribution < 1.29 is 0 Å². The maximum absolute atomic E-state index is 2.79. The van der Waals surface area contributed by atoms with Gasteiger partial charge in [-0.15, -0.1) is 0 Å². The SMILES string of the molecule is CC12CCCCC1(C)N(c1cc3c4c(c1)N(c1ccc(C5CCCCC5)cc1)c1ccc(C5CCCCC5)cc1B4c1ccccc1-3)c1ccccc12. The lowest BCUT2D eigenvalue weighted by Gasteiger charge is -2.50. The molecule has 2 nitrogen and oxygen atoms in total. The quantitative estimate of drug-likeness (QED) is 0.169. The summed E-state index contributed by atoms with van der Waals surface area (Å²) < 4.78 is 0. The number of anilines is 5. The van der Waals surface area contributed by atoms with E-state index in [0.717, 1.165) is 0 Å². The molecule has 5 aromatic rings.